The fourth-order valence-corrected chi connectivity index (χ4v) is 2.42. The van der Waals surface area contributed by atoms with Gasteiger partial charge in [0.15, 0.2) is 11.5 Å². The maximum absolute atomic E-state index is 12.1. The van der Waals surface area contributed by atoms with E-state index in [0.717, 1.165) is 17.7 Å². The predicted octanol–water partition coefficient (Wildman–Crippen LogP) is 3.17. The molecule has 5 heteroatoms. The van der Waals surface area contributed by atoms with Gasteiger partial charge in [0.1, 0.15) is 13.2 Å². The Morgan fingerprint density at radius 1 is 1.04 bits per heavy atom. The zero-order valence-corrected chi connectivity index (χ0v) is 13.8. The van der Waals surface area contributed by atoms with Gasteiger partial charge in [0.2, 0.25) is 0 Å². The summed E-state index contributed by atoms with van der Waals surface area (Å²) < 4.78 is 11.1. The Hall–Kier alpha value is -2.82. The highest BCUT2D eigenvalue weighted by Gasteiger charge is 2.13. The molecule has 1 aliphatic rings. The third-order valence-electron chi connectivity index (χ3n) is 3.91. The summed E-state index contributed by atoms with van der Waals surface area (Å²) in [6.45, 7) is 5.02. The molecule has 3 rings (SSSR count). The number of carbonyl (C=O) groups is 1. The summed E-state index contributed by atoms with van der Waals surface area (Å²) in [6.07, 6.45) is 0.948. The van der Waals surface area contributed by atoms with Gasteiger partial charge in [0.25, 0.3) is 5.91 Å². The van der Waals surface area contributed by atoms with E-state index in [1.54, 1.807) is 0 Å². The molecule has 0 radical (unpaired) electrons. The lowest BCUT2D eigenvalue weighted by atomic mass is 10.1. The summed E-state index contributed by atoms with van der Waals surface area (Å²) in [7, 11) is 0. The zero-order valence-electron chi connectivity index (χ0n) is 13.8. The van der Waals surface area contributed by atoms with Crippen molar-refractivity contribution in [1.29, 1.82) is 0 Å². The normalized spacial score (nSPS) is 13.5. The van der Waals surface area contributed by atoms with Crippen LogP contribution in [0, 0.1) is 0 Å². The molecular weight excluding hydrogens is 304 g/mol. The van der Waals surface area contributed by atoms with Crippen LogP contribution in [0.5, 0.6) is 11.5 Å². The standard InChI is InChI=1S/C19H20N2O3/c1-3-14-4-6-15(7-5-14)19(22)21-20-13(2)16-8-9-17-18(12-16)24-11-10-23-17/h4-9,12H,3,10-11H2,1-2H3,(H,21,22)/b20-13-. The van der Waals surface area contributed by atoms with E-state index in [9.17, 15) is 4.79 Å². The molecule has 124 valence electrons. The topological polar surface area (TPSA) is 59.9 Å². The molecule has 24 heavy (non-hydrogen) atoms. The van der Waals surface area contributed by atoms with Crippen molar-refractivity contribution in [2.75, 3.05) is 13.2 Å². The van der Waals surface area contributed by atoms with Crippen LogP contribution in [0.2, 0.25) is 0 Å². The molecule has 0 saturated heterocycles. The van der Waals surface area contributed by atoms with Crippen LogP contribution in [0.4, 0.5) is 0 Å². The van der Waals surface area contributed by atoms with Crippen LogP contribution in [0.3, 0.4) is 0 Å². The molecule has 0 fully saturated rings. The quantitative estimate of drug-likeness (QED) is 0.694. The Labute approximate surface area is 141 Å². The van der Waals surface area contributed by atoms with Crippen LogP contribution in [0.1, 0.15) is 35.3 Å². The average Bonchev–Trinajstić information content (AvgIpc) is 2.65. The summed E-state index contributed by atoms with van der Waals surface area (Å²) in [4.78, 5) is 12.1. The van der Waals surface area contributed by atoms with E-state index in [4.69, 9.17) is 9.47 Å². The second-order valence-corrected chi connectivity index (χ2v) is 5.55. The van der Waals surface area contributed by atoms with E-state index in [-0.39, 0.29) is 5.91 Å². The Kier molecular flexibility index (Phi) is 4.79. The maximum atomic E-state index is 12.1. The number of benzene rings is 2. The minimum atomic E-state index is -0.227. The highest BCUT2D eigenvalue weighted by Crippen LogP contribution is 2.30. The summed E-state index contributed by atoms with van der Waals surface area (Å²) in [5, 5.41) is 4.18. The van der Waals surface area contributed by atoms with Crippen molar-refractivity contribution < 1.29 is 14.3 Å². The van der Waals surface area contributed by atoms with Crippen LogP contribution in [-0.4, -0.2) is 24.8 Å². The first-order chi connectivity index (χ1) is 11.7. The largest absolute Gasteiger partial charge is 0.486 e. The fourth-order valence-electron chi connectivity index (χ4n) is 2.42. The van der Waals surface area contributed by atoms with Crippen LogP contribution >= 0.6 is 0 Å². The number of hydrogen-bond acceptors (Lipinski definition) is 4. The third-order valence-corrected chi connectivity index (χ3v) is 3.91. The maximum Gasteiger partial charge on any atom is 0.271 e. The van der Waals surface area contributed by atoms with Crippen molar-refractivity contribution in [3.63, 3.8) is 0 Å². The first-order valence-electron chi connectivity index (χ1n) is 8.01. The molecule has 2 aromatic rings. The Morgan fingerprint density at radius 3 is 2.42 bits per heavy atom. The smallest absolute Gasteiger partial charge is 0.271 e. The van der Waals surface area contributed by atoms with E-state index in [0.29, 0.717) is 30.2 Å². The molecule has 5 nitrogen and oxygen atoms in total. The molecule has 1 amide bonds. The van der Waals surface area contributed by atoms with Crippen LogP contribution in [-0.2, 0) is 6.42 Å². The van der Waals surface area contributed by atoms with Gasteiger partial charge in [0.05, 0.1) is 5.71 Å². The van der Waals surface area contributed by atoms with Gasteiger partial charge in [-0.15, -0.1) is 0 Å². The van der Waals surface area contributed by atoms with Gasteiger partial charge in [-0.3, -0.25) is 4.79 Å². The number of nitrogens with one attached hydrogen (secondary N) is 1. The lowest BCUT2D eigenvalue weighted by Gasteiger charge is -2.18. The SMILES string of the molecule is CCc1ccc(C(=O)N/N=C(/C)c2ccc3c(c2)OCCO3)cc1. The van der Waals surface area contributed by atoms with E-state index in [1.165, 1.54) is 5.56 Å². The number of rotatable bonds is 4. The first kappa shape index (κ1) is 16.1. The van der Waals surface area contributed by atoms with Gasteiger partial charge < -0.3 is 9.47 Å². The number of aryl methyl sites for hydroxylation is 1. The van der Waals surface area contributed by atoms with Crippen LogP contribution < -0.4 is 14.9 Å². The number of ether oxygens (including phenoxy) is 2. The number of amides is 1. The van der Waals surface area contributed by atoms with E-state index >= 15 is 0 Å². The molecule has 1 heterocycles. The van der Waals surface area contributed by atoms with Crippen molar-refractivity contribution in [1.82, 2.24) is 5.43 Å². The number of hydrazone groups is 1. The molecule has 0 aliphatic carbocycles. The molecule has 0 saturated carbocycles. The average molecular weight is 324 g/mol. The molecule has 0 unspecified atom stereocenters. The molecule has 1 N–H and O–H groups in total. The molecule has 0 spiro atoms. The molecule has 0 atom stereocenters. The highest BCUT2D eigenvalue weighted by molar-refractivity contribution is 6.01. The number of fused-ring (bicyclic) bond motifs is 1. The summed E-state index contributed by atoms with van der Waals surface area (Å²) in [6, 6.07) is 13.1. The van der Waals surface area contributed by atoms with E-state index in [2.05, 4.69) is 17.5 Å². The minimum absolute atomic E-state index is 0.227. The van der Waals surface area contributed by atoms with Gasteiger partial charge in [-0.25, -0.2) is 5.43 Å². The molecular formula is C19H20N2O3. The van der Waals surface area contributed by atoms with Gasteiger partial charge in [-0.05, 0) is 49.2 Å². The van der Waals surface area contributed by atoms with Gasteiger partial charge in [-0.2, -0.15) is 5.10 Å². The minimum Gasteiger partial charge on any atom is -0.486 e. The number of carbonyl (C=O) groups excluding carboxylic acids is 1. The van der Waals surface area contributed by atoms with E-state index in [1.807, 2.05) is 49.4 Å². The lowest BCUT2D eigenvalue weighted by Crippen LogP contribution is -2.19. The Bertz CT molecular complexity index is 767. The Balaban J connectivity index is 1.70. The van der Waals surface area contributed by atoms with Crippen molar-refractivity contribution in [2.45, 2.75) is 20.3 Å². The van der Waals surface area contributed by atoms with Gasteiger partial charge in [-0.1, -0.05) is 19.1 Å². The van der Waals surface area contributed by atoms with Crippen molar-refractivity contribution >= 4 is 11.6 Å². The molecule has 0 aromatic heterocycles. The first-order valence-corrected chi connectivity index (χ1v) is 8.01. The Morgan fingerprint density at radius 2 is 1.71 bits per heavy atom. The second-order valence-electron chi connectivity index (χ2n) is 5.55. The molecule has 0 bridgehead atoms. The second kappa shape index (κ2) is 7.17. The predicted molar refractivity (Wildman–Crippen MR) is 92.9 cm³/mol. The third kappa shape index (κ3) is 3.56. The van der Waals surface area contributed by atoms with Crippen molar-refractivity contribution in [3.8, 4) is 11.5 Å². The van der Waals surface area contributed by atoms with Crippen LogP contribution in [0.15, 0.2) is 47.6 Å². The fraction of sp³-hybridized carbons (Fsp3) is 0.263. The summed E-state index contributed by atoms with van der Waals surface area (Å²) in [5.74, 6) is 1.21. The van der Waals surface area contributed by atoms with E-state index < -0.39 is 0 Å². The summed E-state index contributed by atoms with van der Waals surface area (Å²) >= 11 is 0. The van der Waals surface area contributed by atoms with Crippen LogP contribution in [0.25, 0.3) is 0 Å². The summed E-state index contributed by atoms with van der Waals surface area (Å²) in [5.41, 5.74) is 5.95. The van der Waals surface area contributed by atoms with Gasteiger partial charge >= 0.3 is 0 Å². The monoisotopic (exact) mass is 324 g/mol. The molecule has 1 aliphatic heterocycles. The van der Waals surface area contributed by atoms with Crippen molar-refractivity contribution in [2.24, 2.45) is 5.10 Å². The number of nitrogens with zero attached hydrogens (tertiary/aromatic N) is 1. The zero-order chi connectivity index (χ0) is 16.9. The van der Waals surface area contributed by atoms with Gasteiger partial charge in [0, 0.05) is 11.1 Å². The molecule has 2 aromatic carbocycles. The lowest BCUT2D eigenvalue weighted by molar-refractivity contribution is 0.0955. The number of hydrogen-bond donors (Lipinski definition) is 1. The van der Waals surface area contributed by atoms with Crippen molar-refractivity contribution in [3.05, 3.63) is 59.2 Å². The highest BCUT2D eigenvalue weighted by atomic mass is 16.6.